The summed E-state index contributed by atoms with van der Waals surface area (Å²) in [7, 11) is 0. The maximum Gasteiger partial charge on any atom is 0.256 e. The molecule has 0 unspecified atom stereocenters. The standard InChI is InChI=1S/C25H23N3OS/c1-16-8-12-19(13-9-16)23-21(24(29)26-20-14-10-17(2)11-15-20)22(27-25(30)28-23)18-6-4-3-5-7-18/h3-15,23H,1-2H3,(H,26,29)(H2,27,28,30)/t23-/m1/s1. The summed E-state index contributed by atoms with van der Waals surface area (Å²) >= 11 is 5.48. The molecule has 4 rings (SSSR count). The van der Waals surface area contributed by atoms with Gasteiger partial charge in [0, 0.05) is 5.69 Å². The van der Waals surface area contributed by atoms with E-state index in [1.807, 2.05) is 92.7 Å². The molecular formula is C25H23N3OS. The van der Waals surface area contributed by atoms with Crippen molar-refractivity contribution in [2.45, 2.75) is 19.9 Å². The van der Waals surface area contributed by atoms with E-state index < -0.39 is 0 Å². The Kier molecular flexibility index (Phi) is 5.63. The Bertz CT molecular complexity index is 1100. The lowest BCUT2D eigenvalue weighted by atomic mass is 9.91. The fourth-order valence-electron chi connectivity index (χ4n) is 3.49. The van der Waals surface area contributed by atoms with E-state index in [0.29, 0.717) is 10.7 Å². The Balaban J connectivity index is 1.81. The Labute approximate surface area is 182 Å². The fraction of sp³-hybridized carbons (Fsp3) is 0.120. The molecule has 5 heteroatoms. The van der Waals surface area contributed by atoms with Crippen LogP contribution in [-0.2, 0) is 4.79 Å². The number of rotatable bonds is 4. The molecule has 150 valence electrons. The second kappa shape index (κ2) is 8.51. The molecule has 0 fully saturated rings. The monoisotopic (exact) mass is 413 g/mol. The molecule has 4 nitrogen and oxygen atoms in total. The van der Waals surface area contributed by atoms with Crippen molar-refractivity contribution in [3.8, 4) is 0 Å². The molecular weight excluding hydrogens is 390 g/mol. The lowest BCUT2D eigenvalue weighted by molar-refractivity contribution is -0.113. The Morgan fingerprint density at radius 2 is 1.47 bits per heavy atom. The largest absolute Gasteiger partial charge is 0.351 e. The Morgan fingerprint density at radius 1 is 0.867 bits per heavy atom. The molecule has 0 radical (unpaired) electrons. The number of benzene rings is 3. The number of carbonyl (C=O) groups is 1. The Hall–Kier alpha value is -3.44. The third-order valence-electron chi connectivity index (χ3n) is 5.10. The molecule has 0 saturated carbocycles. The van der Waals surface area contributed by atoms with Crippen molar-refractivity contribution in [1.82, 2.24) is 10.6 Å². The van der Waals surface area contributed by atoms with Gasteiger partial charge in [-0.25, -0.2) is 0 Å². The predicted molar refractivity (Wildman–Crippen MR) is 126 cm³/mol. The van der Waals surface area contributed by atoms with Crippen molar-refractivity contribution in [3.05, 3.63) is 107 Å². The van der Waals surface area contributed by atoms with E-state index in [4.69, 9.17) is 12.2 Å². The van der Waals surface area contributed by atoms with E-state index in [1.54, 1.807) is 0 Å². The number of anilines is 1. The zero-order chi connectivity index (χ0) is 21.1. The van der Waals surface area contributed by atoms with Gasteiger partial charge in [0.25, 0.3) is 5.91 Å². The van der Waals surface area contributed by atoms with Gasteiger partial charge in [-0.3, -0.25) is 4.79 Å². The predicted octanol–water partition coefficient (Wildman–Crippen LogP) is 4.87. The molecule has 3 aromatic carbocycles. The number of thiocarbonyl (C=S) groups is 1. The van der Waals surface area contributed by atoms with E-state index in [2.05, 4.69) is 16.0 Å². The quantitative estimate of drug-likeness (QED) is 0.534. The van der Waals surface area contributed by atoms with Crippen LogP contribution in [0.2, 0.25) is 0 Å². The molecule has 0 bridgehead atoms. The number of hydrogen-bond donors (Lipinski definition) is 3. The molecule has 0 aliphatic carbocycles. The van der Waals surface area contributed by atoms with Gasteiger partial charge in [0.05, 0.1) is 17.3 Å². The highest BCUT2D eigenvalue weighted by Crippen LogP contribution is 2.32. The summed E-state index contributed by atoms with van der Waals surface area (Å²) in [5, 5.41) is 10.0. The number of aryl methyl sites for hydroxylation is 2. The zero-order valence-corrected chi connectivity index (χ0v) is 17.7. The van der Waals surface area contributed by atoms with Gasteiger partial charge in [-0.15, -0.1) is 0 Å². The van der Waals surface area contributed by atoms with Crippen LogP contribution in [0.25, 0.3) is 5.70 Å². The summed E-state index contributed by atoms with van der Waals surface area (Å²) < 4.78 is 0. The highest BCUT2D eigenvalue weighted by Gasteiger charge is 2.32. The molecule has 0 spiro atoms. The smallest absolute Gasteiger partial charge is 0.256 e. The number of hydrogen-bond acceptors (Lipinski definition) is 2. The van der Waals surface area contributed by atoms with Gasteiger partial charge in [0.1, 0.15) is 0 Å². The number of carbonyl (C=O) groups excluding carboxylic acids is 1. The van der Waals surface area contributed by atoms with Crippen molar-refractivity contribution in [3.63, 3.8) is 0 Å². The summed E-state index contributed by atoms with van der Waals surface area (Å²) in [5.41, 5.74) is 6.25. The van der Waals surface area contributed by atoms with Gasteiger partial charge in [0.15, 0.2) is 5.11 Å². The maximum absolute atomic E-state index is 13.5. The summed E-state index contributed by atoms with van der Waals surface area (Å²) in [6, 6.07) is 25.4. The van der Waals surface area contributed by atoms with Crippen molar-refractivity contribution < 1.29 is 4.79 Å². The molecule has 1 heterocycles. The minimum Gasteiger partial charge on any atom is -0.351 e. The first kappa shape index (κ1) is 19.9. The molecule has 1 aliphatic heterocycles. The van der Waals surface area contributed by atoms with Crippen molar-refractivity contribution in [2.24, 2.45) is 0 Å². The fourth-order valence-corrected chi connectivity index (χ4v) is 3.71. The minimum atomic E-state index is -0.361. The first-order valence-corrected chi connectivity index (χ1v) is 10.2. The molecule has 1 amide bonds. The second-order valence-corrected chi connectivity index (χ2v) is 7.83. The van der Waals surface area contributed by atoms with Crippen LogP contribution in [0.5, 0.6) is 0 Å². The summed E-state index contributed by atoms with van der Waals surface area (Å²) in [6.45, 7) is 4.06. The van der Waals surface area contributed by atoms with Crippen LogP contribution in [0.1, 0.15) is 28.3 Å². The lowest BCUT2D eigenvalue weighted by Gasteiger charge is -2.32. The van der Waals surface area contributed by atoms with Crippen molar-refractivity contribution in [2.75, 3.05) is 5.32 Å². The molecule has 1 atom stereocenters. The number of amides is 1. The summed E-state index contributed by atoms with van der Waals surface area (Å²) in [6.07, 6.45) is 0. The van der Waals surface area contributed by atoms with Crippen LogP contribution in [0.4, 0.5) is 5.69 Å². The van der Waals surface area contributed by atoms with Crippen LogP contribution in [0, 0.1) is 13.8 Å². The van der Waals surface area contributed by atoms with Gasteiger partial charge in [-0.1, -0.05) is 77.9 Å². The van der Waals surface area contributed by atoms with E-state index in [9.17, 15) is 4.79 Å². The molecule has 1 aliphatic rings. The first-order chi connectivity index (χ1) is 14.5. The van der Waals surface area contributed by atoms with Crippen molar-refractivity contribution >= 4 is 34.6 Å². The first-order valence-electron chi connectivity index (χ1n) is 9.83. The lowest BCUT2D eigenvalue weighted by Crippen LogP contribution is -2.45. The van der Waals surface area contributed by atoms with Crippen LogP contribution in [0.3, 0.4) is 0 Å². The highest BCUT2D eigenvalue weighted by atomic mass is 32.1. The molecule has 0 saturated heterocycles. The molecule has 3 aromatic rings. The Morgan fingerprint density at radius 3 is 2.10 bits per heavy atom. The van der Waals surface area contributed by atoms with E-state index in [-0.39, 0.29) is 11.9 Å². The van der Waals surface area contributed by atoms with Crippen LogP contribution in [0.15, 0.2) is 84.4 Å². The SMILES string of the molecule is Cc1ccc(NC(=O)C2=C(c3ccccc3)NC(=S)N[C@@H]2c2ccc(C)cc2)cc1. The normalized spacial score (nSPS) is 15.9. The van der Waals surface area contributed by atoms with E-state index in [1.165, 1.54) is 0 Å². The third-order valence-corrected chi connectivity index (χ3v) is 5.32. The molecule has 30 heavy (non-hydrogen) atoms. The average Bonchev–Trinajstić information content (AvgIpc) is 2.76. The van der Waals surface area contributed by atoms with Gasteiger partial charge < -0.3 is 16.0 Å². The van der Waals surface area contributed by atoms with E-state index >= 15 is 0 Å². The maximum atomic E-state index is 13.5. The van der Waals surface area contributed by atoms with Crippen molar-refractivity contribution in [1.29, 1.82) is 0 Å². The van der Waals surface area contributed by atoms with Gasteiger partial charge >= 0.3 is 0 Å². The highest BCUT2D eigenvalue weighted by molar-refractivity contribution is 7.80. The minimum absolute atomic E-state index is 0.175. The number of nitrogens with one attached hydrogen (secondary N) is 3. The molecule has 0 aromatic heterocycles. The zero-order valence-electron chi connectivity index (χ0n) is 16.9. The van der Waals surface area contributed by atoms with Gasteiger partial charge in [-0.2, -0.15) is 0 Å². The van der Waals surface area contributed by atoms with Gasteiger partial charge in [-0.05, 0) is 49.3 Å². The summed E-state index contributed by atoms with van der Waals surface area (Å²) in [4.78, 5) is 13.5. The topological polar surface area (TPSA) is 53.2 Å². The average molecular weight is 414 g/mol. The second-order valence-electron chi connectivity index (χ2n) is 7.42. The summed E-state index contributed by atoms with van der Waals surface area (Å²) in [5.74, 6) is -0.175. The van der Waals surface area contributed by atoms with Gasteiger partial charge in [0.2, 0.25) is 0 Å². The van der Waals surface area contributed by atoms with Crippen LogP contribution >= 0.6 is 12.2 Å². The van der Waals surface area contributed by atoms with Crippen LogP contribution < -0.4 is 16.0 Å². The van der Waals surface area contributed by atoms with E-state index in [0.717, 1.165) is 33.6 Å². The molecule has 3 N–H and O–H groups in total. The van der Waals surface area contributed by atoms with Crippen LogP contribution in [-0.4, -0.2) is 11.0 Å². The third kappa shape index (κ3) is 4.26.